The Morgan fingerprint density at radius 2 is 1.65 bits per heavy atom. The molecule has 0 fully saturated rings. The molecule has 0 aliphatic carbocycles. The summed E-state index contributed by atoms with van der Waals surface area (Å²) < 4.78 is 1.16. The largest absolute Gasteiger partial charge is 0.431 e. The maximum atomic E-state index is 12.1. The Hall–Kier alpha value is -3.16. The summed E-state index contributed by atoms with van der Waals surface area (Å²) in [6.07, 6.45) is 2.88. The molecule has 0 saturated carbocycles. The number of pyridine rings is 1. The van der Waals surface area contributed by atoms with Gasteiger partial charge in [-0.05, 0) is 6.07 Å². The topological polar surface area (TPSA) is 107 Å². The second-order valence-electron chi connectivity index (χ2n) is 3.80. The van der Waals surface area contributed by atoms with Crippen LogP contribution in [0.3, 0.4) is 0 Å². The van der Waals surface area contributed by atoms with Gasteiger partial charge in [0, 0.05) is 18.2 Å². The highest BCUT2D eigenvalue weighted by atomic mass is 16.6. The zero-order valence-electron chi connectivity index (χ0n) is 10.0. The molecule has 0 aliphatic rings. The van der Waals surface area contributed by atoms with Gasteiger partial charge in [0.15, 0.2) is 18.0 Å². The zero-order valence-corrected chi connectivity index (χ0v) is 10.0. The summed E-state index contributed by atoms with van der Waals surface area (Å²) in [5, 5.41) is 21.6. The molecule has 20 heavy (non-hydrogen) atoms. The summed E-state index contributed by atoms with van der Waals surface area (Å²) in [6, 6.07) is 7.79. The van der Waals surface area contributed by atoms with E-state index in [2.05, 4.69) is 0 Å². The Labute approximate surface area is 112 Å². The number of benzene rings is 1. The molecule has 0 unspecified atom stereocenters. The lowest BCUT2D eigenvalue weighted by atomic mass is 10.1. The molecule has 2 aromatic rings. The van der Waals surface area contributed by atoms with Crippen molar-refractivity contribution in [1.82, 2.24) is 0 Å². The first-order valence-corrected chi connectivity index (χ1v) is 5.44. The van der Waals surface area contributed by atoms with Gasteiger partial charge >= 0.3 is 5.91 Å². The quantitative estimate of drug-likeness (QED) is 0.478. The number of carbonyl (C=O) groups is 1. The first-order chi connectivity index (χ1) is 9.50. The SMILES string of the molecule is O=C(c1ccc([N+](=O)[O-])cc1[N+](=O)[O-])[n+]1ccccc1. The Balaban J connectivity index is 2.54. The number of rotatable bonds is 3. The summed E-state index contributed by atoms with van der Waals surface area (Å²) in [7, 11) is 0. The zero-order chi connectivity index (χ0) is 14.7. The molecule has 0 saturated heterocycles. The van der Waals surface area contributed by atoms with Crippen LogP contribution in [-0.2, 0) is 0 Å². The van der Waals surface area contributed by atoms with Crippen LogP contribution in [0.5, 0.6) is 0 Å². The Kier molecular flexibility index (Phi) is 3.47. The number of aromatic nitrogens is 1. The van der Waals surface area contributed by atoms with E-state index in [1.54, 1.807) is 18.2 Å². The fourth-order valence-electron chi connectivity index (χ4n) is 1.64. The molecule has 0 aliphatic heterocycles. The Morgan fingerprint density at radius 1 is 1.00 bits per heavy atom. The molecule has 0 amide bonds. The van der Waals surface area contributed by atoms with Crippen molar-refractivity contribution in [3.63, 3.8) is 0 Å². The second-order valence-corrected chi connectivity index (χ2v) is 3.80. The highest BCUT2D eigenvalue weighted by Crippen LogP contribution is 2.24. The highest BCUT2D eigenvalue weighted by molar-refractivity contribution is 5.92. The second kappa shape index (κ2) is 5.22. The first kappa shape index (κ1) is 13.3. The van der Waals surface area contributed by atoms with Crippen LogP contribution < -0.4 is 4.57 Å². The molecule has 1 aromatic carbocycles. The van der Waals surface area contributed by atoms with Crippen LogP contribution in [-0.4, -0.2) is 15.8 Å². The molecule has 0 spiro atoms. The van der Waals surface area contributed by atoms with Crippen LogP contribution in [0.2, 0.25) is 0 Å². The summed E-state index contributed by atoms with van der Waals surface area (Å²) in [6.45, 7) is 0. The van der Waals surface area contributed by atoms with E-state index in [0.717, 1.165) is 22.8 Å². The molecule has 1 heterocycles. The van der Waals surface area contributed by atoms with E-state index in [0.29, 0.717) is 0 Å². The van der Waals surface area contributed by atoms with Crippen molar-refractivity contribution in [2.45, 2.75) is 0 Å². The number of non-ortho nitro benzene ring substituents is 1. The molecule has 1 aromatic heterocycles. The molecule has 8 nitrogen and oxygen atoms in total. The molecule has 0 bridgehead atoms. The number of hydrogen-bond acceptors (Lipinski definition) is 5. The van der Waals surface area contributed by atoms with E-state index in [4.69, 9.17) is 0 Å². The molecule has 0 atom stereocenters. The van der Waals surface area contributed by atoms with Crippen molar-refractivity contribution in [3.8, 4) is 0 Å². The summed E-state index contributed by atoms with van der Waals surface area (Å²) >= 11 is 0. The van der Waals surface area contributed by atoms with Crippen molar-refractivity contribution in [2.75, 3.05) is 0 Å². The van der Waals surface area contributed by atoms with Gasteiger partial charge < -0.3 is 0 Å². The van der Waals surface area contributed by atoms with Crippen molar-refractivity contribution in [2.24, 2.45) is 0 Å². The smallest absolute Gasteiger partial charge is 0.258 e. The van der Waals surface area contributed by atoms with E-state index < -0.39 is 27.1 Å². The maximum absolute atomic E-state index is 12.1. The van der Waals surface area contributed by atoms with Crippen molar-refractivity contribution in [3.05, 3.63) is 74.6 Å². The average molecular weight is 274 g/mol. The fourth-order valence-corrected chi connectivity index (χ4v) is 1.64. The summed E-state index contributed by atoms with van der Waals surface area (Å²) in [4.78, 5) is 32.1. The van der Waals surface area contributed by atoms with E-state index in [1.165, 1.54) is 12.4 Å². The first-order valence-electron chi connectivity index (χ1n) is 5.44. The summed E-state index contributed by atoms with van der Waals surface area (Å²) in [5.41, 5.74) is -1.25. The standard InChI is InChI=1S/C12H8N3O5/c16-12(13-6-2-1-3-7-13)10-5-4-9(14(17)18)8-11(10)15(19)20/h1-8H/q+1. The van der Waals surface area contributed by atoms with Crippen molar-refractivity contribution < 1.29 is 19.2 Å². The van der Waals surface area contributed by atoms with E-state index >= 15 is 0 Å². The van der Waals surface area contributed by atoms with Gasteiger partial charge in [0.25, 0.3) is 11.4 Å². The van der Waals surface area contributed by atoms with Crippen LogP contribution in [0.25, 0.3) is 0 Å². The number of nitro benzene ring substituents is 2. The minimum Gasteiger partial charge on any atom is -0.258 e. The van der Waals surface area contributed by atoms with Crippen molar-refractivity contribution >= 4 is 17.3 Å². The third-order valence-corrected chi connectivity index (χ3v) is 2.57. The number of nitro groups is 2. The number of hydrogen-bond donors (Lipinski definition) is 0. The third kappa shape index (κ3) is 2.48. The summed E-state index contributed by atoms with van der Waals surface area (Å²) in [5.74, 6) is -0.632. The molecular weight excluding hydrogens is 266 g/mol. The van der Waals surface area contributed by atoms with Crippen molar-refractivity contribution in [1.29, 1.82) is 0 Å². The molecular formula is C12H8N3O5+. The van der Waals surface area contributed by atoms with Crippen LogP contribution in [0.4, 0.5) is 11.4 Å². The minimum absolute atomic E-state index is 0.211. The van der Waals surface area contributed by atoms with Gasteiger partial charge in [0.1, 0.15) is 0 Å². The Morgan fingerprint density at radius 3 is 2.20 bits per heavy atom. The fraction of sp³-hybridized carbons (Fsp3) is 0. The van der Waals surface area contributed by atoms with Gasteiger partial charge in [-0.1, -0.05) is 6.07 Å². The van der Waals surface area contributed by atoms with Gasteiger partial charge in [-0.15, -0.1) is 4.57 Å². The van der Waals surface area contributed by atoms with E-state index in [9.17, 15) is 25.0 Å². The highest BCUT2D eigenvalue weighted by Gasteiger charge is 2.29. The predicted molar refractivity (Wildman–Crippen MR) is 66.1 cm³/mol. The Bertz CT molecular complexity index is 699. The molecule has 0 radical (unpaired) electrons. The molecule has 100 valence electrons. The van der Waals surface area contributed by atoms with Gasteiger partial charge in [0.2, 0.25) is 0 Å². The lowest BCUT2D eigenvalue weighted by Crippen LogP contribution is -2.42. The third-order valence-electron chi connectivity index (χ3n) is 2.57. The molecule has 8 heteroatoms. The van der Waals surface area contributed by atoms with E-state index in [1.807, 2.05) is 0 Å². The maximum Gasteiger partial charge on any atom is 0.431 e. The minimum atomic E-state index is -0.816. The molecule has 0 N–H and O–H groups in total. The van der Waals surface area contributed by atoms with Gasteiger partial charge in [-0.3, -0.25) is 20.2 Å². The van der Waals surface area contributed by atoms with Gasteiger partial charge in [-0.25, -0.2) is 4.79 Å². The monoisotopic (exact) mass is 274 g/mol. The van der Waals surface area contributed by atoms with Gasteiger partial charge in [0.05, 0.1) is 15.9 Å². The van der Waals surface area contributed by atoms with E-state index in [-0.39, 0.29) is 5.56 Å². The van der Waals surface area contributed by atoms with Crippen LogP contribution in [0.15, 0.2) is 48.8 Å². The van der Waals surface area contributed by atoms with Crippen LogP contribution >= 0.6 is 0 Å². The molecule has 2 rings (SSSR count). The van der Waals surface area contributed by atoms with Crippen LogP contribution in [0.1, 0.15) is 10.4 Å². The normalized spacial score (nSPS) is 10.0. The average Bonchev–Trinajstić information content (AvgIpc) is 2.46. The predicted octanol–water partition coefficient (Wildman–Crippen LogP) is 1.48. The van der Waals surface area contributed by atoms with Gasteiger partial charge in [-0.2, -0.15) is 0 Å². The number of nitrogens with zero attached hydrogens (tertiary/aromatic N) is 3. The number of carbonyl (C=O) groups excluding carboxylic acids is 1. The lowest BCUT2D eigenvalue weighted by molar-refractivity contribution is -0.571. The van der Waals surface area contributed by atoms with Crippen LogP contribution in [0, 0.1) is 20.2 Å². The lowest BCUT2D eigenvalue weighted by Gasteiger charge is -1.98.